The van der Waals surface area contributed by atoms with Gasteiger partial charge in [0.25, 0.3) is 0 Å². The molecule has 1 unspecified atom stereocenters. The van der Waals surface area contributed by atoms with Gasteiger partial charge in [-0.15, -0.1) is 11.8 Å². The molecule has 0 amide bonds. The summed E-state index contributed by atoms with van der Waals surface area (Å²) in [4.78, 5) is 15.9. The van der Waals surface area contributed by atoms with Crippen molar-refractivity contribution < 1.29 is 9.53 Å². The summed E-state index contributed by atoms with van der Waals surface area (Å²) in [5, 5.41) is 0. The Morgan fingerprint density at radius 2 is 2.08 bits per heavy atom. The maximum Gasteiger partial charge on any atom is 0.164 e. The van der Waals surface area contributed by atoms with Crippen LogP contribution in [0.25, 0.3) is 0 Å². The van der Waals surface area contributed by atoms with Gasteiger partial charge in [-0.3, -0.25) is 4.79 Å². The summed E-state index contributed by atoms with van der Waals surface area (Å²) in [6.45, 7) is 2.46. The van der Waals surface area contributed by atoms with Crippen molar-refractivity contribution in [3.05, 3.63) is 71.9 Å². The molecule has 3 nitrogen and oxygen atoms in total. The SMILES string of the molecule is O=C(CCN1C=CC(c2ccccc2)C1)c1ccc2c(c1)SCCO2. The molecule has 0 aliphatic carbocycles. The normalized spacial score (nSPS) is 18.7. The number of thioether (sulfide) groups is 1. The zero-order chi connectivity index (χ0) is 17.1. The lowest BCUT2D eigenvalue weighted by Crippen LogP contribution is -2.21. The van der Waals surface area contributed by atoms with E-state index in [0.29, 0.717) is 12.3 Å². The van der Waals surface area contributed by atoms with Crippen molar-refractivity contribution >= 4 is 17.5 Å². The summed E-state index contributed by atoms with van der Waals surface area (Å²) >= 11 is 1.76. The van der Waals surface area contributed by atoms with Crippen LogP contribution >= 0.6 is 11.8 Å². The van der Waals surface area contributed by atoms with Crippen molar-refractivity contribution in [2.75, 3.05) is 25.4 Å². The molecule has 2 aliphatic heterocycles. The molecule has 0 bridgehead atoms. The first-order valence-corrected chi connectivity index (χ1v) is 9.68. The van der Waals surface area contributed by atoms with Gasteiger partial charge in [-0.05, 0) is 30.0 Å². The predicted molar refractivity (Wildman–Crippen MR) is 102 cm³/mol. The fourth-order valence-corrected chi connectivity index (χ4v) is 4.15. The highest BCUT2D eigenvalue weighted by molar-refractivity contribution is 7.99. The Balaban J connectivity index is 1.33. The molecule has 1 atom stereocenters. The van der Waals surface area contributed by atoms with Gasteiger partial charge in [-0.1, -0.05) is 36.4 Å². The average Bonchev–Trinajstić information content (AvgIpc) is 3.15. The second-order valence-corrected chi connectivity index (χ2v) is 7.52. The summed E-state index contributed by atoms with van der Waals surface area (Å²) in [6, 6.07) is 16.3. The molecular formula is C21H21NO2S. The third kappa shape index (κ3) is 3.74. The first-order valence-electron chi connectivity index (χ1n) is 8.70. The van der Waals surface area contributed by atoms with Crippen molar-refractivity contribution in [2.45, 2.75) is 17.2 Å². The second kappa shape index (κ2) is 7.36. The third-order valence-electron chi connectivity index (χ3n) is 4.68. The number of carbonyl (C=O) groups is 1. The Bertz CT molecular complexity index is 788. The molecule has 2 heterocycles. The zero-order valence-electron chi connectivity index (χ0n) is 14.1. The molecule has 0 aromatic heterocycles. The van der Waals surface area contributed by atoms with E-state index in [2.05, 4.69) is 41.4 Å². The Morgan fingerprint density at radius 3 is 2.96 bits per heavy atom. The number of ether oxygens (including phenoxy) is 1. The number of benzene rings is 2. The molecule has 0 fully saturated rings. The molecule has 0 radical (unpaired) electrons. The maximum absolute atomic E-state index is 12.5. The van der Waals surface area contributed by atoms with Gasteiger partial charge in [-0.2, -0.15) is 0 Å². The second-order valence-electron chi connectivity index (χ2n) is 6.39. The number of carbonyl (C=O) groups excluding carboxylic acids is 1. The van der Waals surface area contributed by atoms with E-state index in [-0.39, 0.29) is 5.78 Å². The number of rotatable bonds is 5. The smallest absolute Gasteiger partial charge is 0.164 e. The molecular weight excluding hydrogens is 330 g/mol. The molecule has 0 spiro atoms. The van der Waals surface area contributed by atoms with Crippen LogP contribution in [0, 0.1) is 0 Å². The van der Waals surface area contributed by atoms with Gasteiger partial charge < -0.3 is 9.64 Å². The lowest BCUT2D eigenvalue weighted by atomic mass is 10.0. The summed E-state index contributed by atoms with van der Waals surface area (Å²) in [5.41, 5.74) is 2.12. The van der Waals surface area contributed by atoms with Crippen molar-refractivity contribution in [3.8, 4) is 5.75 Å². The summed E-state index contributed by atoms with van der Waals surface area (Å²) in [7, 11) is 0. The molecule has 4 heteroatoms. The lowest BCUT2D eigenvalue weighted by Gasteiger charge is -2.19. The fourth-order valence-electron chi connectivity index (χ4n) is 3.29. The van der Waals surface area contributed by atoms with Gasteiger partial charge in [0, 0.05) is 36.7 Å². The van der Waals surface area contributed by atoms with Crippen molar-refractivity contribution in [2.24, 2.45) is 0 Å². The summed E-state index contributed by atoms with van der Waals surface area (Å²) < 4.78 is 5.60. The van der Waals surface area contributed by atoms with E-state index in [0.717, 1.165) is 41.7 Å². The van der Waals surface area contributed by atoms with Crippen LogP contribution in [0.2, 0.25) is 0 Å². The number of hydrogen-bond donors (Lipinski definition) is 0. The predicted octanol–water partition coefficient (Wildman–Crippen LogP) is 4.36. The van der Waals surface area contributed by atoms with Crippen LogP contribution in [0.15, 0.2) is 65.7 Å². The standard InChI is InChI=1S/C21H21NO2S/c23-19(17-6-7-20-21(14-17)25-13-12-24-20)9-11-22-10-8-18(15-22)16-4-2-1-3-5-16/h1-8,10,14,18H,9,11-13,15H2. The van der Waals surface area contributed by atoms with E-state index in [4.69, 9.17) is 4.74 Å². The highest BCUT2D eigenvalue weighted by atomic mass is 32.2. The summed E-state index contributed by atoms with van der Waals surface area (Å²) in [5.74, 6) is 2.48. The number of hydrogen-bond acceptors (Lipinski definition) is 4. The molecule has 2 aromatic carbocycles. The Morgan fingerprint density at radius 1 is 1.20 bits per heavy atom. The van der Waals surface area contributed by atoms with Gasteiger partial charge in [-0.25, -0.2) is 0 Å². The fraction of sp³-hybridized carbons (Fsp3) is 0.286. The Hall–Kier alpha value is -2.20. The zero-order valence-corrected chi connectivity index (χ0v) is 14.9. The monoisotopic (exact) mass is 351 g/mol. The number of nitrogens with zero attached hydrogens (tertiary/aromatic N) is 1. The number of ketones is 1. The van der Waals surface area contributed by atoms with E-state index in [1.165, 1.54) is 5.56 Å². The molecule has 2 aromatic rings. The average molecular weight is 351 g/mol. The minimum atomic E-state index is 0.200. The van der Waals surface area contributed by atoms with Gasteiger partial charge in [0.2, 0.25) is 0 Å². The van der Waals surface area contributed by atoms with Crippen LogP contribution in [0.5, 0.6) is 5.75 Å². The molecule has 128 valence electrons. The van der Waals surface area contributed by atoms with Crippen molar-refractivity contribution in [3.63, 3.8) is 0 Å². The van der Waals surface area contributed by atoms with E-state index in [1.54, 1.807) is 11.8 Å². The van der Waals surface area contributed by atoms with Gasteiger partial charge >= 0.3 is 0 Å². The van der Waals surface area contributed by atoms with Crippen molar-refractivity contribution in [1.82, 2.24) is 4.90 Å². The van der Waals surface area contributed by atoms with E-state index in [9.17, 15) is 4.79 Å². The van der Waals surface area contributed by atoms with Crippen molar-refractivity contribution in [1.29, 1.82) is 0 Å². The van der Waals surface area contributed by atoms with E-state index >= 15 is 0 Å². The van der Waals surface area contributed by atoms with Gasteiger partial charge in [0.15, 0.2) is 5.78 Å². The topological polar surface area (TPSA) is 29.5 Å². The van der Waals surface area contributed by atoms with Crippen LogP contribution in [-0.2, 0) is 0 Å². The third-order valence-corrected chi connectivity index (χ3v) is 5.68. The van der Waals surface area contributed by atoms with Crippen LogP contribution in [-0.4, -0.2) is 36.1 Å². The molecule has 25 heavy (non-hydrogen) atoms. The van der Waals surface area contributed by atoms with Crippen LogP contribution in [0.4, 0.5) is 0 Å². The summed E-state index contributed by atoms with van der Waals surface area (Å²) in [6.07, 6.45) is 4.89. The highest BCUT2D eigenvalue weighted by Gasteiger charge is 2.19. The largest absolute Gasteiger partial charge is 0.492 e. The molecule has 2 aliphatic rings. The maximum atomic E-state index is 12.5. The van der Waals surface area contributed by atoms with Gasteiger partial charge in [0.1, 0.15) is 5.75 Å². The van der Waals surface area contributed by atoms with E-state index < -0.39 is 0 Å². The molecule has 0 saturated heterocycles. The highest BCUT2D eigenvalue weighted by Crippen LogP contribution is 2.34. The molecule has 4 rings (SSSR count). The Kier molecular flexibility index (Phi) is 4.79. The minimum absolute atomic E-state index is 0.200. The minimum Gasteiger partial charge on any atom is -0.492 e. The van der Waals surface area contributed by atoms with Gasteiger partial charge in [0.05, 0.1) is 11.5 Å². The number of fused-ring (bicyclic) bond motifs is 1. The first kappa shape index (κ1) is 16.3. The first-order chi connectivity index (χ1) is 12.3. The Labute approximate surface area is 152 Å². The van der Waals surface area contributed by atoms with Crippen LogP contribution < -0.4 is 4.74 Å². The quantitative estimate of drug-likeness (QED) is 0.749. The lowest BCUT2D eigenvalue weighted by molar-refractivity contribution is 0.0972. The molecule has 0 saturated carbocycles. The van der Waals surface area contributed by atoms with Crippen LogP contribution in [0.3, 0.4) is 0 Å². The number of Topliss-reactive ketones (excluding diaryl/α,β-unsaturated/α-hetero) is 1. The van der Waals surface area contributed by atoms with E-state index in [1.807, 2.05) is 24.3 Å². The molecule has 0 N–H and O–H groups in total. The van der Waals surface area contributed by atoms with Crippen LogP contribution in [0.1, 0.15) is 28.3 Å².